The number of hydrogen-bond donors (Lipinski definition) is 1. The molecule has 31 heavy (non-hydrogen) atoms. The van der Waals surface area contributed by atoms with Crippen LogP contribution in [0.2, 0.25) is 0 Å². The third-order valence-corrected chi connectivity index (χ3v) is 8.44. The number of aryl methyl sites for hydroxylation is 1. The van der Waals surface area contributed by atoms with Gasteiger partial charge in [0.25, 0.3) is 0 Å². The molecule has 0 spiro atoms. The Morgan fingerprint density at radius 3 is 2.35 bits per heavy atom. The van der Waals surface area contributed by atoms with Crippen LogP contribution in [-0.2, 0) is 14.8 Å². The Morgan fingerprint density at radius 1 is 1.16 bits per heavy atom. The van der Waals surface area contributed by atoms with Gasteiger partial charge in [-0.25, -0.2) is 8.42 Å². The zero-order chi connectivity index (χ0) is 22.6. The van der Waals surface area contributed by atoms with E-state index in [1.54, 1.807) is 37.1 Å². The Morgan fingerprint density at radius 2 is 1.81 bits per heavy atom. The van der Waals surface area contributed by atoms with E-state index >= 15 is 0 Å². The molecule has 0 aliphatic carbocycles. The quantitative estimate of drug-likeness (QED) is 0.630. The van der Waals surface area contributed by atoms with Gasteiger partial charge in [0, 0.05) is 23.9 Å². The van der Waals surface area contributed by atoms with Crippen molar-refractivity contribution in [2.24, 2.45) is 5.92 Å². The van der Waals surface area contributed by atoms with Gasteiger partial charge in [-0.2, -0.15) is 4.31 Å². The number of sulfonamides is 1. The Kier molecular flexibility index (Phi) is 7.67. The molecule has 168 valence electrons. The highest BCUT2D eigenvalue weighted by Gasteiger charge is 2.32. The predicted molar refractivity (Wildman–Crippen MR) is 124 cm³/mol. The Balaban J connectivity index is 1.59. The Bertz CT molecular complexity index is 1010. The lowest BCUT2D eigenvalue weighted by Crippen LogP contribution is -2.43. The van der Waals surface area contributed by atoms with Gasteiger partial charge in [0.05, 0.1) is 18.0 Å². The molecule has 2 aromatic rings. The molecule has 1 aliphatic rings. The second-order valence-corrected chi connectivity index (χ2v) is 10.6. The lowest BCUT2D eigenvalue weighted by Gasteiger charge is -2.31. The van der Waals surface area contributed by atoms with Gasteiger partial charge in [-0.1, -0.05) is 12.1 Å². The van der Waals surface area contributed by atoms with Crippen LogP contribution in [-0.4, -0.2) is 45.1 Å². The molecule has 2 aromatic carbocycles. The first kappa shape index (κ1) is 23.6. The average Bonchev–Trinajstić information content (AvgIpc) is 2.79. The summed E-state index contributed by atoms with van der Waals surface area (Å²) >= 11 is 1.68. The number of nitrogens with one attached hydrogen (secondary N) is 1. The minimum atomic E-state index is -3.59. The van der Waals surface area contributed by atoms with E-state index in [-0.39, 0.29) is 22.8 Å². The summed E-state index contributed by atoms with van der Waals surface area (Å²) in [5, 5.41) is 3.08. The molecule has 0 bridgehead atoms. The highest BCUT2D eigenvalue weighted by Crippen LogP contribution is 2.28. The molecule has 1 amide bonds. The smallest absolute Gasteiger partial charge is 0.243 e. The summed E-state index contributed by atoms with van der Waals surface area (Å²) in [5.74, 6) is 0.460. The molecule has 8 heteroatoms. The van der Waals surface area contributed by atoms with Crippen molar-refractivity contribution in [1.29, 1.82) is 0 Å². The van der Waals surface area contributed by atoms with Gasteiger partial charge in [0.1, 0.15) is 5.75 Å². The van der Waals surface area contributed by atoms with Crippen LogP contribution in [0.1, 0.15) is 36.9 Å². The van der Waals surface area contributed by atoms with Crippen LogP contribution in [0.15, 0.2) is 52.3 Å². The van der Waals surface area contributed by atoms with Crippen LogP contribution in [0.3, 0.4) is 0 Å². The van der Waals surface area contributed by atoms with Crippen LogP contribution in [0.4, 0.5) is 0 Å². The summed E-state index contributed by atoms with van der Waals surface area (Å²) in [7, 11) is -2.03. The molecule has 0 radical (unpaired) electrons. The van der Waals surface area contributed by atoms with Crippen molar-refractivity contribution in [2.45, 2.75) is 42.5 Å². The number of nitrogens with zero attached hydrogens (tertiary/aromatic N) is 1. The molecular weight excluding hydrogens is 432 g/mol. The molecule has 0 unspecified atom stereocenters. The fourth-order valence-electron chi connectivity index (χ4n) is 3.83. The fourth-order valence-corrected chi connectivity index (χ4v) is 5.79. The van der Waals surface area contributed by atoms with Gasteiger partial charge in [-0.05, 0) is 74.4 Å². The van der Waals surface area contributed by atoms with Crippen molar-refractivity contribution >= 4 is 27.7 Å². The van der Waals surface area contributed by atoms with E-state index in [9.17, 15) is 13.2 Å². The highest BCUT2D eigenvalue weighted by molar-refractivity contribution is 7.98. The monoisotopic (exact) mass is 462 g/mol. The number of methoxy groups -OCH3 is 1. The molecule has 1 aliphatic heterocycles. The van der Waals surface area contributed by atoms with Crippen molar-refractivity contribution < 1.29 is 17.9 Å². The maximum absolute atomic E-state index is 13.0. The molecule has 1 fully saturated rings. The van der Waals surface area contributed by atoms with Gasteiger partial charge in [-0.3, -0.25) is 4.79 Å². The zero-order valence-corrected chi connectivity index (χ0v) is 20.1. The number of rotatable bonds is 7. The summed E-state index contributed by atoms with van der Waals surface area (Å²) in [6.07, 6.45) is 3.05. The van der Waals surface area contributed by atoms with Crippen LogP contribution in [0.5, 0.6) is 5.75 Å². The third-order valence-electron chi connectivity index (χ3n) is 5.80. The second kappa shape index (κ2) is 10.1. The molecule has 3 rings (SSSR count). The van der Waals surface area contributed by atoms with Crippen molar-refractivity contribution in [3.8, 4) is 5.75 Å². The number of benzene rings is 2. The molecule has 1 N–H and O–H groups in total. The van der Waals surface area contributed by atoms with Gasteiger partial charge < -0.3 is 10.1 Å². The summed E-state index contributed by atoms with van der Waals surface area (Å²) in [4.78, 5) is 14.2. The van der Waals surface area contributed by atoms with Crippen molar-refractivity contribution in [2.75, 3.05) is 26.5 Å². The van der Waals surface area contributed by atoms with Crippen LogP contribution < -0.4 is 10.1 Å². The first-order chi connectivity index (χ1) is 14.8. The topological polar surface area (TPSA) is 75.7 Å². The van der Waals surface area contributed by atoms with E-state index in [1.807, 2.05) is 44.4 Å². The maximum atomic E-state index is 13.0. The fraction of sp³-hybridized carbons (Fsp3) is 0.435. The largest absolute Gasteiger partial charge is 0.496 e. The highest BCUT2D eigenvalue weighted by atomic mass is 32.2. The molecule has 1 atom stereocenters. The number of piperidine rings is 1. The lowest BCUT2D eigenvalue weighted by molar-refractivity contribution is -0.126. The Hall–Kier alpha value is -2.03. The maximum Gasteiger partial charge on any atom is 0.243 e. The zero-order valence-electron chi connectivity index (χ0n) is 18.4. The minimum absolute atomic E-state index is 0.0150. The number of thioether (sulfide) groups is 1. The molecule has 1 saturated heterocycles. The summed E-state index contributed by atoms with van der Waals surface area (Å²) in [5.41, 5.74) is 1.83. The minimum Gasteiger partial charge on any atom is -0.496 e. The summed E-state index contributed by atoms with van der Waals surface area (Å²) in [6.45, 7) is 4.46. The van der Waals surface area contributed by atoms with E-state index in [4.69, 9.17) is 4.74 Å². The van der Waals surface area contributed by atoms with Gasteiger partial charge in [0.2, 0.25) is 15.9 Å². The number of carbonyl (C=O) groups is 1. The van der Waals surface area contributed by atoms with Crippen LogP contribution >= 0.6 is 11.8 Å². The number of ether oxygens (including phenoxy) is 1. The number of carbonyl (C=O) groups excluding carboxylic acids is 1. The van der Waals surface area contributed by atoms with E-state index in [2.05, 4.69) is 5.32 Å². The third kappa shape index (κ3) is 5.42. The first-order valence-corrected chi connectivity index (χ1v) is 13.0. The van der Waals surface area contributed by atoms with Gasteiger partial charge in [0.15, 0.2) is 0 Å². The van der Waals surface area contributed by atoms with E-state index in [0.29, 0.717) is 31.7 Å². The lowest BCUT2D eigenvalue weighted by atomic mass is 9.96. The van der Waals surface area contributed by atoms with Gasteiger partial charge in [-0.15, -0.1) is 11.8 Å². The standard InChI is InChI=1S/C23H30N2O4S2/c1-16-15-21(9-10-22(16)29-3)31(27,28)25-13-11-19(12-14-25)23(26)24-17(2)18-5-7-20(30-4)8-6-18/h5-10,15,17,19H,11-14H2,1-4H3,(H,24,26)/t17-/m1/s1. The van der Waals surface area contributed by atoms with E-state index in [0.717, 1.165) is 11.1 Å². The van der Waals surface area contributed by atoms with Crippen molar-refractivity contribution in [1.82, 2.24) is 9.62 Å². The number of amides is 1. The average molecular weight is 463 g/mol. The summed E-state index contributed by atoms with van der Waals surface area (Å²) < 4.78 is 32.7. The Labute approximate surface area is 189 Å². The van der Waals surface area contributed by atoms with E-state index in [1.165, 1.54) is 9.20 Å². The van der Waals surface area contributed by atoms with Crippen LogP contribution in [0.25, 0.3) is 0 Å². The summed E-state index contributed by atoms with van der Waals surface area (Å²) in [6, 6.07) is 13.0. The van der Waals surface area contributed by atoms with E-state index < -0.39 is 10.0 Å². The second-order valence-electron chi connectivity index (χ2n) is 7.81. The number of hydrogen-bond acceptors (Lipinski definition) is 5. The van der Waals surface area contributed by atoms with Crippen molar-refractivity contribution in [3.05, 3.63) is 53.6 Å². The predicted octanol–water partition coefficient (Wildman–Crippen LogP) is 4.00. The molecule has 0 saturated carbocycles. The molecular formula is C23H30N2O4S2. The molecule has 0 aromatic heterocycles. The van der Waals surface area contributed by atoms with Gasteiger partial charge >= 0.3 is 0 Å². The molecule has 6 nitrogen and oxygen atoms in total. The SMILES string of the molecule is COc1ccc(S(=O)(=O)N2CCC(C(=O)N[C@H](C)c3ccc(SC)cc3)CC2)cc1C. The first-order valence-electron chi connectivity index (χ1n) is 10.4. The molecule has 1 heterocycles. The van der Waals surface area contributed by atoms with Crippen molar-refractivity contribution in [3.63, 3.8) is 0 Å². The van der Waals surface area contributed by atoms with Crippen LogP contribution in [0, 0.1) is 12.8 Å². The normalized spacial score (nSPS) is 16.6.